The third kappa shape index (κ3) is 4.47. The summed E-state index contributed by atoms with van der Waals surface area (Å²) in [5.41, 5.74) is 0.624. The quantitative estimate of drug-likeness (QED) is 0.786. The number of carbonyl (C=O) groups excluding carboxylic acids is 2. The molecular weight excluding hydrogens is 312 g/mol. The lowest BCUT2D eigenvalue weighted by molar-refractivity contribution is -0.142. The van der Waals surface area contributed by atoms with Crippen LogP contribution in [0.4, 0.5) is 5.69 Å². The molecule has 2 rings (SSSR count). The number of amides is 2. The van der Waals surface area contributed by atoms with Crippen LogP contribution in [0.5, 0.6) is 5.75 Å². The number of hydrogen-bond acceptors (Lipinski definition) is 4. The topological polar surface area (TPSA) is 95.9 Å². The van der Waals surface area contributed by atoms with Crippen molar-refractivity contribution < 1.29 is 24.2 Å². The molecule has 130 valence electrons. The van der Waals surface area contributed by atoms with Gasteiger partial charge in [0.2, 0.25) is 5.91 Å². The Morgan fingerprint density at radius 2 is 2.04 bits per heavy atom. The lowest BCUT2D eigenvalue weighted by Gasteiger charge is -2.29. The van der Waals surface area contributed by atoms with Gasteiger partial charge in [0.1, 0.15) is 11.8 Å². The summed E-state index contributed by atoms with van der Waals surface area (Å²) in [7, 11) is 0. The number of carboxylic acids is 1. The van der Waals surface area contributed by atoms with Crippen LogP contribution in [0.3, 0.4) is 0 Å². The van der Waals surface area contributed by atoms with Gasteiger partial charge in [0.15, 0.2) is 6.61 Å². The van der Waals surface area contributed by atoms with Gasteiger partial charge in [0.25, 0.3) is 5.91 Å². The second-order valence-electron chi connectivity index (χ2n) is 6.14. The van der Waals surface area contributed by atoms with Crippen molar-refractivity contribution in [1.82, 2.24) is 5.32 Å². The minimum Gasteiger partial charge on any atom is -0.482 e. The minimum absolute atomic E-state index is 0.0297. The van der Waals surface area contributed by atoms with Crippen LogP contribution in [0.25, 0.3) is 0 Å². The molecule has 1 aliphatic heterocycles. The van der Waals surface area contributed by atoms with E-state index >= 15 is 0 Å². The number of rotatable bonds is 7. The number of aliphatic carboxylic acids is 1. The summed E-state index contributed by atoms with van der Waals surface area (Å²) in [5, 5.41) is 11.7. The number of para-hydroxylation sites is 2. The standard InChI is InChI=1S/C17H22N2O5/c1-11(2)9-12(17(22)23)18-15(20)7-8-19-13-5-3-4-6-14(13)24-10-16(19)21/h3-6,11-12H,7-10H2,1-2H3,(H,18,20)(H,22,23)/t12-/m0/s1. The predicted octanol–water partition coefficient (Wildman–Crippen LogP) is 1.42. The molecule has 0 fully saturated rings. The molecule has 1 atom stereocenters. The summed E-state index contributed by atoms with van der Waals surface area (Å²) in [4.78, 5) is 36.8. The van der Waals surface area contributed by atoms with Gasteiger partial charge < -0.3 is 20.1 Å². The van der Waals surface area contributed by atoms with Gasteiger partial charge in [-0.2, -0.15) is 0 Å². The largest absolute Gasteiger partial charge is 0.482 e. The Morgan fingerprint density at radius 3 is 2.71 bits per heavy atom. The van der Waals surface area contributed by atoms with Crippen LogP contribution in [-0.2, 0) is 14.4 Å². The van der Waals surface area contributed by atoms with Crippen molar-refractivity contribution in [2.24, 2.45) is 5.92 Å². The van der Waals surface area contributed by atoms with Gasteiger partial charge in [-0.1, -0.05) is 26.0 Å². The second-order valence-corrected chi connectivity index (χ2v) is 6.14. The normalized spacial score (nSPS) is 14.8. The minimum atomic E-state index is -1.05. The Kier molecular flexibility index (Phi) is 5.78. The first-order valence-electron chi connectivity index (χ1n) is 7.93. The third-order valence-corrected chi connectivity index (χ3v) is 3.71. The van der Waals surface area contributed by atoms with Crippen molar-refractivity contribution in [3.63, 3.8) is 0 Å². The summed E-state index contributed by atoms with van der Waals surface area (Å²) < 4.78 is 5.34. The molecule has 1 aromatic rings. The molecule has 2 N–H and O–H groups in total. The fourth-order valence-electron chi connectivity index (χ4n) is 2.57. The maximum absolute atomic E-state index is 12.1. The number of anilines is 1. The van der Waals surface area contributed by atoms with Gasteiger partial charge in [0.05, 0.1) is 5.69 Å². The van der Waals surface area contributed by atoms with Crippen LogP contribution in [-0.4, -0.2) is 42.1 Å². The van der Waals surface area contributed by atoms with Gasteiger partial charge in [-0.15, -0.1) is 0 Å². The molecule has 0 aliphatic carbocycles. The average molecular weight is 334 g/mol. The van der Waals surface area contributed by atoms with E-state index in [4.69, 9.17) is 9.84 Å². The zero-order chi connectivity index (χ0) is 17.7. The maximum Gasteiger partial charge on any atom is 0.326 e. The Bertz CT molecular complexity index is 629. The molecule has 2 amide bonds. The van der Waals surface area contributed by atoms with E-state index < -0.39 is 12.0 Å². The zero-order valence-corrected chi connectivity index (χ0v) is 13.8. The van der Waals surface area contributed by atoms with Gasteiger partial charge in [-0.05, 0) is 24.5 Å². The molecule has 7 heteroatoms. The van der Waals surface area contributed by atoms with E-state index in [0.29, 0.717) is 17.9 Å². The average Bonchev–Trinajstić information content (AvgIpc) is 2.52. The van der Waals surface area contributed by atoms with Gasteiger partial charge in [-0.25, -0.2) is 4.79 Å². The number of hydrogen-bond donors (Lipinski definition) is 2. The van der Waals surface area contributed by atoms with Gasteiger partial charge in [-0.3, -0.25) is 9.59 Å². The first-order chi connectivity index (χ1) is 11.4. The van der Waals surface area contributed by atoms with Crippen molar-refractivity contribution in [2.75, 3.05) is 18.1 Å². The summed E-state index contributed by atoms with van der Waals surface area (Å²) in [5.74, 6) is -0.914. The lowest BCUT2D eigenvalue weighted by atomic mass is 10.0. The SMILES string of the molecule is CC(C)C[C@H](NC(=O)CCN1C(=O)COc2ccccc21)C(=O)O. The smallest absolute Gasteiger partial charge is 0.326 e. The van der Waals surface area contributed by atoms with Crippen molar-refractivity contribution >= 4 is 23.5 Å². The van der Waals surface area contributed by atoms with Crippen molar-refractivity contribution in [1.29, 1.82) is 0 Å². The van der Waals surface area contributed by atoms with E-state index in [1.807, 2.05) is 19.9 Å². The number of ether oxygens (including phenoxy) is 1. The molecule has 0 bridgehead atoms. The summed E-state index contributed by atoms with van der Waals surface area (Å²) in [6, 6.07) is 6.20. The third-order valence-electron chi connectivity index (χ3n) is 3.71. The number of carboxylic acid groups (broad SMARTS) is 1. The van der Waals surface area contributed by atoms with E-state index in [9.17, 15) is 14.4 Å². The molecule has 1 heterocycles. The Morgan fingerprint density at radius 1 is 1.33 bits per heavy atom. The van der Waals surface area contributed by atoms with E-state index in [2.05, 4.69) is 5.32 Å². The zero-order valence-electron chi connectivity index (χ0n) is 13.8. The lowest BCUT2D eigenvalue weighted by Crippen LogP contribution is -2.44. The fourth-order valence-corrected chi connectivity index (χ4v) is 2.57. The molecule has 0 spiro atoms. The number of benzene rings is 1. The predicted molar refractivity (Wildman–Crippen MR) is 87.9 cm³/mol. The molecule has 7 nitrogen and oxygen atoms in total. The molecule has 1 aliphatic rings. The van der Waals surface area contributed by atoms with Gasteiger partial charge in [0, 0.05) is 13.0 Å². The van der Waals surface area contributed by atoms with Gasteiger partial charge >= 0.3 is 5.97 Å². The van der Waals surface area contributed by atoms with Crippen LogP contribution in [0.15, 0.2) is 24.3 Å². The van der Waals surface area contributed by atoms with Crippen LogP contribution < -0.4 is 15.0 Å². The molecular formula is C17H22N2O5. The molecule has 0 unspecified atom stereocenters. The maximum atomic E-state index is 12.1. The van der Waals surface area contributed by atoms with Crippen LogP contribution in [0, 0.1) is 5.92 Å². The van der Waals surface area contributed by atoms with Crippen molar-refractivity contribution in [3.8, 4) is 5.75 Å². The summed E-state index contributed by atoms with van der Waals surface area (Å²) >= 11 is 0. The number of nitrogens with zero attached hydrogens (tertiary/aromatic N) is 1. The Balaban J connectivity index is 1.96. The Labute approximate surface area is 140 Å². The number of carbonyl (C=O) groups is 3. The van der Waals surface area contributed by atoms with Crippen LogP contribution >= 0.6 is 0 Å². The van der Waals surface area contributed by atoms with Crippen LogP contribution in [0.1, 0.15) is 26.7 Å². The van der Waals surface area contributed by atoms with E-state index in [1.54, 1.807) is 18.2 Å². The highest BCUT2D eigenvalue weighted by atomic mass is 16.5. The van der Waals surface area contributed by atoms with E-state index in [0.717, 1.165) is 0 Å². The summed E-state index contributed by atoms with van der Waals surface area (Å²) in [6.45, 7) is 3.90. The molecule has 1 aromatic carbocycles. The first-order valence-corrected chi connectivity index (χ1v) is 7.93. The van der Waals surface area contributed by atoms with Crippen molar-refractivity contribution in [3.05, 3.63) is 24.3 Å². The molecule has 24 heavy (non-hydrogen) atoms. The molecule has 0 radical (unpaired) electrons. The number of fused-ring (bicyclic) bond motifs is 1. The highest BCUT2D eigenvalue weighted by molar-refractivity contribution is 5.98. The van der Waals surface area contributed by atoms with Crippen LogP contribution in [0.2, 0.25) is 0 Å². The highest BCUT2D eigenvalue weighted by Crippen LogP contribution is 2.31. The molecule has 0 saturated heterocycles. The van der Waals surface area contributed by atoms with E-state index in [-0.39, 0.29) is 37.3 Å². The number of nitrogens with one attached hydrogen (secondary N) is 1. The second kappa shape index (κ2) is 7.81. The molecule has 0 aromatic heterocycles. The highest BCUT2D eigenvalue weighted by Gasteiger charge is 2.26. The fraction of sp³-hybridized carbons (Fsp3) is 0.471. The Hall–Kier alpha value is -2.57. The monoisotopic (exact) mass is 334 g/mol. The summed E-state index contributed by atoms with van der Waals surface area (Å²) in [6.07, 6.45) is 0.391. The van der Waals surface area contributed by atoms with Crippen molar-refractivity contribution in [2.45, 2.75) is 32.7 Å². The first kappa shape index (κ1) is 17.8. The van der Waals surface area contributed by atoms with E-state index in [1.165, 1.54) is 4.90 Å². The molecule has 0 saturated carbocycles.